The minimum Gasteiger partial charge on any atom is -0.495 e. The Morgan fingerprint density at radius 1 is 1.00 bits per heavy atom. The number of benzene rings is 2. The second kappa shape index (κ2) is 8.85. The molecular weight excluding hydrogens is 372 g/mol. The number of hydrogen-bond donors (Lipinski definition) is 1. The van der Waals surface area contributed by atoms with E-state index in [9.17, 15) is 8.78 Å². The quantitative estimate of drug-likeness (QED) is 0.779. The first-order valence-corrected chi connectivity index (χ1v) is 8.97. The van der Waals surface area contributed by atoms with E-state index in [1.54, 1.807) is 25.3 Å². The zero-order valence-corrected chi connectivity index (χ0v) is 15.7. The fourth-order valence-electron chi connectivity index (χ4n) is 3.00. The lowest BCUT2D eigenvalue weighted by atomic mass is 10.2. The van der Waals surface area contributed by atoms with Crippen molar-refractivity contribution in [3.05, 3.63) is 48.5 Å². The minimum atomic E-state index is -2.88. The number of anilines is 2. The highest BCUT2D eigenvalue weighted by atomic mass is 32.1. The molecule has 0 spiro atoms. The molecular formula is C19H21F2N3O2S. The van der Waals surface area contributed by atoms with Gasteiger partial charge in [0.2, 0.25) is 0 Å². The van der Waals surface area contributed by atoms with Crippen molar-refractivity contribution >= 4 is 28.7 Å². The van der Waals surface area contributed by atoms with Crippen LogP contribution in [0, 0.1) is 0 Å². The average molecular weight is 393 g/mol. The van der Waals surface area contributed by atoms with E-state index in [4.69, 9.17) is 17.0 Å². The number of nitrogens with zero attached hydrogens (tertiary/aromatic N) is 2. The van der Waals surface area contributed by atoms with Crippen LogP contribution in [0.1, 0.15) is 0 Å². The number of para-hydroxylation sites is 4. The van der Waals surface area contributed by atoms with Gasteiger partial charge in [-0.1, -0.05) is 24.3 Å². The maximum Gasteiger partial charge on any atom is 0.387 e. The molecule has 0 unspecified atom stereocenters. The molecule has 144 valence electrons. The largest absolute Gasteiger partial charge is 0.495 e. The molecule has 1 fully saturated rings. The highest BCUT2D eigenvalue weighted by molar-refractivity contribution is 7.80. The molecule has 3 rings (SSSR count). The van der Waals surface area contributed by atoms with Gasteiger partial charge in [-0.3, -0.25) is 0 Å². The summed E-state index contributed by atoms with van der Waals surface area (Å²) in [6.45, 7) is 0.0871. The molecule has 2 aromatic rings. The molecule has 0 saturated carbocycles. The van der Waals surface area contributed by atoms with E-state index < -0.39 is 6.61 Å². The van der Waals surface area contributed by atoms with Crippen molar-refractivity contribution in [1.29, 1.82) is 0 Å². The van der Waals surface area contributed by atoms with Crippen molar-refractivity contribution in [2.24, 2.45) is 0 Å². The molecule has 1 aliphatic heterocycles. The number of nitrogens with one attached hydrogen (secondary N) is 1. The molecule has 0 amide bonds. The monoisotopic (exact) mass is 393 g/mol. The summed E-state index contributed by atoms with van der Waals surface area (Å²) in [5.41, 5.74) is 1.48. The first kappa shape index (κ1) is 19.2. The Bertz CT molecular complexity index is 783. The van der Waals surface area contributed by atoms with Crippen molar-refractivity contribution in [3.8, 4) is 11.5 Å². The number of thiocarbonyl (C=S) groups is 1. The van der Waals surface area contributed by atoms with E-state index in [1.165, 1.54) is 6.07 Å². The summed E-state index contributed by atoms with van der Waals surface area (Å²) in [5.74, 6) is 0.909. The molecule has 1 heterocycles. The van der Waals surface area contributed by atoms with Crippen LogP contribution in [0.3, 0.4) is 0 Å². The van der Waals surface area contributed by atoms with Crippen molar-refractivity contribution in [2.75, 3.05) is 43.5 Å². The van der Waals surface area contributed by atoms with E-state index in [0.29, 0.717) is 23.9 Å². The molecule has 0 atom stereocenters. The SMILES string of the molecule is COc1ccccc1N1CCN(C(=S)Nc2ccccc2OC(F)F)CC1. The molecule has 8 heteroatoms. The standard InChI is InChI=1S/C19H21F2N3O2S/c1-25-17-9-5-3-7-15(17)23-10-12-24(13-11-23)19(27)22-14-6-2-4-8-16(14)26-18(20)21/h2-9,18H,10-13H2,1H3,(H,22,27). The molecule has 5 nitrogen and oxygen atoms in total. The number of halogens is 2. The predicted octanol–water partition coefficient (Wildman–Crippen LogP) is 3.82. The van der Waals surface area contributed by atoms with Gasteiger partial charge in [0.1, 0.15) is 11.5 Å². The predicted molar refractivity (Wildman–Crippen MR) is 106 cm³/mol. The van der Waals surface area contributed by atoms with Crippen LogP contribution in [0.15, 0.2) is 48.5 Å². The second-order valence-corrected chi connectivity index (χ2v) is 6.34. The summed E-state index contributed by atoms with van der Waals surface area (Å²) in [5, 5.41) is 3.50. The normalized spacial score (nSPS) is 14.2. The lowest BCUT2D eigenvalue weighted by molar-refractivity contribution is -0.0493. The van der Waals surface area contributed by atoms with Crippen molar-refractivity contribution in [2.45, 2.75) is 6.61 Å². The summed E-state index contributed by atoms with van der Waals surface area (Å²) in [7, 11) is 1.66. The second-order valence-electron chi connectivity index (χ2n) is 5.95. The highest BCUT2D eigenvalue weighted by Crippen LogP contribution is 2.29. The van der Waals surface area contributed by atoms with Crippen LogP contribution in [0.5, 0.6) is 11.5 Å². The van der Waals surface area contributed by atoms with Crippen LogP contribution in [0.2, 0.25) is 0 Å². The zero-order chi connectivity index (χ0) is 19.2. The van der Waals surface area contributed by atoms with Crippen LogP contribution < -0.4 is 19.7 Å². The zero-order valence-electron chi connectivity index (χ0n) is 14.9. The Morgan fingerprint density at radius 2 is 1.63 bits per heavy atom. The van der Waals surface area contributed by atoms with Crippen molar-refractivity contribution in [1.82, 2.24) is 4.90 Å². The first-order chi connectivity index (χ1) is 13.1. The fraction of sp³-hybridized carbons (Fsp3) is 0.316. The topological polar surface area (TPSA) is 37.0 Å². The van der Waals surface area contributed by atoms with Gasteiger partial charge in [0, 0.05) is 26.2 Å². The molecule has 0 aromatic heterocycles. The van der Waals surface area contributed by atoms with Gasteiger partial charge in [-0.2, -0.15) is 8.78 Å². The number of piperazine rings is 1. The van der Waals surface area contributed by atoms with Crippen LogP contribution >= 0.6 is 12.2 Å². The maximum atomic E-state index is 12.5. The Morgan fingerprint density at radius 3 is 2.30 bits per heavy atom. The fourth-order valence-corrected chi connectivity index (χ4v) is 3.30. The van der Waals surface area contributed by atoms with Crippen molar-refractivity contribution in [3.63, 3.8) is 0 Å². The molecule has 1 saturated heterocycles. The summed E-state index contributed by atoms with van der Waals surface area (Å²) in [6.07, 6.45) is 0. The van der Waals surface area contributed by atoms with E-state index in [-0.39, 0.29) is 5.75 Å². The van der Waals surface area contributed by atoms with Gasteiger partial charge in [0.05, 0.1) is 18.5 Å². The lowest BCUT2D eigenvalue weighted by Gasteiger charge is -2.37. The number of rotatable bonds is 5. The third-order valence-electron chi connectivity index (χ3n) is 4.34. The van der Waals surface area contributed by atoms with Gasteiger partial charge in [-0.25, -0.2) is 0 Å². The van der Waals surface area contributed by atoms with E-state index in [1.807, 2.05) is 29.2 Å². The third kappa shape index (κ3) is 4.77. The summed E-state index contributed by atoms with van der Waals surface area (Å²) in [4.78, 5) is 4.26. The number of hydrogen-bond acceptors (Lipinski definition) is 4. The Labute approximate surface area is 162 Å². The molecule has 2 aromatic carbocycles. The van der Waals surface area contributed by atoms with Gasteiger partial charge in [-0.05, 0) is 36.5 Å². The maximum absolute atomic E-state index is 12.5. The van der Waals surface area contributed by atoms with Gasteiger partial charge in [0.15, 0.2) is 5.11 Å². The van der Waals surface area contributed by atoms with Crippen molar-refractivity contribution < 1.29 is 18.3 Å². The molecule has 0 aliphatic carbocycles. The molecule has 1 N–H and O–H groups in total. The lowest BCUT2D eigenvalue weighted by Crippen LogP contribution is -2.50. The van der Waals surface area contributed by atoms with Crippen LogP contribution in [-0.4, -0.2) is 49.9 Å². The number of methoxy groups -OCH3 is 1. The minimum absolute atomic E-state index is 0.0718. The van der Waals surface area contributed by atoms with E-state index in [2.05, 4.69) is 15.0 Å². The van der Waals surface area contributed by atoms with Crippen LogP contribution in [-0.2, 0) is 0 Å². The highest BCUT2D eigenvalue weighted by Gasteiger charge is 2.22. The van der Waals surface area contributed by atoms with Gasteiger partial charge in [-0.15, -0.1) is 0 Å². The molecule has 27 heavy (non-hydrogen) atoms. The summed E-state index contributed by atoms with van der Waals surface area (Å²) < 4.78 is 35.1. The Kier molecular flexibility index (Phi) is 6.28. The van der Waals surface area contributed by atoms with Gasteiger partial charge in [0.25, 0.3) is 0 Å². The summed E-state index contributed by atoms with van der Waals surface area (Å²) in [6, 6.07) is 14.4. The Hall–Kier alpha value is -2.61. The Balaban J connectivity index is 1.61. The van der Waals surface area contributed by atoms with E-state index >= 15 is 0 Å². The first-order valence-electron chi connectivity index (χ1n) is 8.56. The smallest absolute Gasteiger partial charge is 0.387 e. The van der Waals surface area contributed by atoms with Gasteiger partial charge >= 0.3 is 6.61 Å². The van der Waals surface area contributed by atoms with Crippen LogP contribution in [0.25, 0.3) is 0 Å². The number of ether oxygens (including phenoxy) is 2. The van der Waals surface area contributed by atoms with Crippen LogP contribution in [0.4, 0.5) is 20.2 Å². The van der Waals surface area contributed by atoms with E-state index in [0.717, 1.165) is 24.5 Å². The average Bonchev–Trinajstić information content (AvgIpc) is 2.69. The summed E-state index contributed by atoms with van der Waals surface area (Å²) >= 11 is 5.46. The molecule has 0 bridgehead atoms. The molecule has 0 radical (unpaired) electrons. The third-order valence-corrected chi connectivity index (χ3v) is 4.70. The van der Waals surface area contributed by atoms with Gasteiger partial charge < -0.3 is 24.6 Å². The molecule has 1 aliphatic rings. The number of alkyl halides is 2.